The van der Waals surface area contributed by atoms with E-state index < -0.39 is 0 Å². The topological polar surface area (TPSA) is 71.8 Å². The Bertz CT molecular complexity index is 1070. The number of unbranched alkanes of at least 4 members (excludes halogenated alkanes) is 1. The molecule has 3 aromatic rings. The number of carbonyl (C=O) groups excluding carboxylic acids is 2. The van der Waals surface area contributed by atoms with Crippen molar-refractivity contribution in [3.05, 3.63) is 58.7 Å². The van der Waals surface area contributed by atoms with Crippen molar-refractivity contribution in [1.29, 1.82) is 0 Å². The molecule has 30 heavy (non-hydrogen) atoms. The average Bonchev–Trinajstić information content (AvgIpc) is 3.02. The first-order valence-corrected chi connectivity index (χ1v) is 10.1. The van der Waals surface area contributed by atoms with Crippen LogP contribution in [0.25, 0.3) is 10.9 Å². The number of aromatic nitrogens is 1. The Morgan fingerprint density at radius 2 is 1.83 bits per heavy atom. The first kappa shape index (κ1) is 21.9. The summed E-state index contributed by atoms with van der Waals surface area (Å²) in [5.74, 6) is 0.306. The number of carbonyl (C=O) groups is 2. The highest BCUT2D eigenvalue weighted by molar-refractivity contribution is 6.30. The molecule has 1 N–H and O–H groups in total. The third-order valence-corrected chi connectivity index (χ3v) is 5.36. The molecule has 0 atom stereocenters. The summed E-state index contributed by atoms with van der Waals surface area (Å²) in [6, 6.07) is 12.2. The molecule has 0 unspecified atom stereocenters. The van der Waals surface area contributed by atoms with E-state index in [-0.39, 0.29) is 18.4 Å². The third kappa shape index (κ3) is 4.20. The molecule has 1 aromatic heterocycles. The lowest BCUT2D eigenvalue weighted by atomic mass is 10.1. The van der Waals surface area contributed by atoms with Gasteiger partial charge in [-0.1, -0.05) is 11.6 Å². The average molecular weight is 429 g/mol. The normalized spacial score (nSPS) is 11.0. The van der Waals surface area contributed by atoms with Crippen molar-refractivity contribution in [1.82, 2.24) is 4.57 Å². The van der Waals surface area contributed by atoms with Crippen LogP contribution in [0.5, 0.6) is 5.75 Å². The zero-order valence-corrected chi connectivity index (χ0v) is 18.1. The van der Waals surface area contributed by atoms with E-state index in [0.29, 0.717) is 52.6 Å². The number of anilines is 1. The Labute approximate surface area is 180 Å². The number of methoxy groups -OCH3 is 1. The molecule has 1 heterocycles. The molecule has 1 amide bonds. The van der Waals surface area contributed by atoms with E-state index in [0.717, 1.165) is 5.39 Å². The first-order valence-electron chi connectivity index (χ1n) is 9.77. The van der Waals surface area contributed by atoms with Gasteiger partial charge in [0.2, 0.25) is 5.91 Å². The van der Waals surface area contributed by atoms with Crippen molar-refractivity contribution in [3.63, 3.8) is 0 Å². The largest absolute Gasteiger partial charge is 0.497 e. The van der Waals surface area contributed by atoms with Gasteiger partial charge >= 0.3 is 0 Å². The maximum Gasteiger partial charge on any atom is 0.262 e. The van der Waals surface area contributed by atoms with E-state index in [9.17, 15) is 9.59 Å². The highest BCUT2D eigenvalue weighted by Gasteiger charge is 2.25. The van der Waals surface area contributed by atoms with Crippen LogP contribution in [-0.4, -0.2) is 41.7 Å². The molecule has 7 heteroatoms. The SMILES string of the molecule is COc1ccc2c(c1)c(N(CCCCO)C(C)=O)c(C)n2C(=O)c1ccc(Cl)cc1. The molecule has 0 spiro atoms. The summed E-state index contributed by atoms with van der Waals surface area (Å²) in [4.78, 5) is 27.5. The van der Waals surface area contributed by atoms with Crippen molar-refractivity contribution < 1.29 is 19.4 Å². The number of fused-ring (bicyclic) bond motifs is 1. The van der Waals surface area contributed by atoms with Crippen LogP contribution in [0.15, 0.2) is 42.5 Å². The van der Waals surface area contributed by atoms with Gasteiger partial charge in [0.1, 0.15) is 5.75 Å². The minimum atomic E-state index is -0.204. The number of halogens is 1. The summed E-state index contributed by atoms with van der Waals surface area (Å²) in [5.41, 5.74) is 2.53. The van der Waals surface area contributed by atoms with Crippen LogP contribution in [0.1, 0.15) is 35.8 Å². The van der Waals surface area contributed by atoms with Crippen molar-refractivity contribution in [3.8, 4) is 5.75 Å². The second-order valence-corrected chi connectivity index (χ2v) is 7.50. The molecule has 6 nitrogen and oxygen atoms in total. The van der Waals surface area contributed by atoms with Crippen LogP contribution >= 0.6 is 11.6 Å². The minimum Gasteiger partial charge on any atom is -0.497 e. The van der Waals surface area contributed by atoms with E-state index in [1.165, 1.54) is 6.92 Å². The van der Waals surface area contributed by atoms with Crippen molar-refractivity contribution in [2.24, 2.45) is 0 Å². The van der Waals surface area contributed by atoms with Gasteiger partial charge in [-0.2, -0.15) is 0 Å². The maximum absolute atomic E-state index is 13.4. The minimum absolute atomic E-state index is 0.0648. The van der Waals surface area contributed by atoms with Gasteiger partial charge in [0.05, 0.1) is 18.3 Å². The van der Waals surface area contributed by atoms with Crippen molar-refractivity contribution >= 4 is 40.0 Å². The molecule has 0 saturated heterocycles. The second-order valence-electron chi connectivity index (χ2n) is 7.07. The summed E-state index contributed by atoms with van der Waals surface area (Å²) in [7, 11) is 1.58. The van der Waals surface area contributed by atoms with Crippen molar-refractivity contribution in [2.45, 2.75) is 26.7 Å². The van der Waals surface area contributed by atoms with E-state index in [2.05, 4.69) is 0 Å². The number of ether oxygens (including phenoxy) is 1. The van der Waals surface area contributed by atoms with Crippen LogP contribution in [0, 0.1) is 6.92 Å². The molecular weight excluding hydrogens is 404 g/mol. The maximum atomic E-state index is 13.4. The fraction of sp³-hybridized carbons (Fsp3) is 0.304. The van der Waals surface area contributed by atoms with Crippen LogP contribution in [0.4, 0.5) is 5.69 Å². The standard InChI is InChI=1S/C23H25ClN2O4/c1-15-22(25(16(2)28)12-4-5-13-27)20-14-19(30-3)10-11-21(20)26(15)23(29)17-6-8-18(24)9-7-17/h6-11,14,27H,4-5,12-13H2,1-3H3. The van der Waals surface area contributed by atoms with Crippen LogP contribution < -0.4 is 9.64 Å². The summed E-state index contributed by atoms with van der Waals surface area (Å²) in [6.45, 7) is 3.85. The van der Waals surface area contributed by atoms with Crippen LogP contribution in [0.2, 0.25) is 5.02 Å². The Morgan fingerprint density at radius 3 is 2.43 bits per heavy atom. The molecule has 0 bridgehead atoms. The molecule has 2 aromatic carbocycles. The molecule has 0 saturated carbocycles. The van der Waals surface area contributed by atoms with Gasteiger partial charge < -0.3 is 14.7 Å². The van der Waals surface area contributed by atoms with Gasteiger partial charge in [0.25, 0.3) is 5.91 Å². The summed E-state index contributed by atoms with van der Waals surface area (Å²) >= 11 is 5.97. The summed E-state index contributed by atoms with van der Waals surface area (Å²) in [6.07, 6.45) is 1.24. The third-order valence-electron chi connectivity index (χ3n) is 5.11. The molecule has 0 aliphatic rings. The number of amides is 1. The van der Waals surface area contributed by atoms with Gasteiger partial charge in [0.15, 0.2) is 0 Å². The smallest absolute Gasteiger partial charge is 0.262 e. The molecule has 0 aliphatic heterocycles. The monoisotopic (exact) mass is 428 g/mol. The molecule has 0 aliphatic carbocycles. The molecular formula is C23H25ClN2O4. The van der Waals surface area contributed by atoms with Gasteiger partial charge in [-0.25, -0.2) is 0 Å². The summed E-state index contributed by atoms with van der Waals surface area (Å²) < 4.78 is 7.00. The van der Waals surface area contributed by atoms with E-state index in [4.69, 9.17) is 21.4 Å². The van der Waals surface area contributed by atoms with Crippen LogP contribution in [-0.2, 0) is 4.79 Å². The van der Waals surface area contributed by atoms with E-state index in [1.54, 1.807) is 46.9 Å². The molecule has 0 radical (unpaired) electrons. The fourth-order valence-electron chi connectivity index (χ4n) is 3.64. The number of hydrogen-bond donors (Lipinski definition) is 1. The highest BCUT2D eigenvalue weighted by atomic mass is 35.5. The number of aliphatic hydroxyl groups is 1. The zero-order valence-electron chi connectivity index (χ0n) is 17.3. The van der Waals surface area contributed by atoms with Gasteiger partial charge in [0, 0.05) is 41.7 Å². The van der Waals surface area contributed by atoms with Crippen LogP contribution in [0.3, 0.4) is 0 Å². The molecule has 158 valence electrons. The lowest BCUT2D eigenvalue weighted by Gasteiger charge is -2.22. The Hall–Kier alpha value is -2.83. The first-order chi connectivity index (χ1) is 14.4. The summed E-state index contributed by atoms with van der Waals surface area (Å²) in [5, 5.41) is 10.4. The Morgan fingerprint density at radius 1 is 1.13 bits per heavy atom. The zero-order chi connectivity index (χ0) is 21.8. The number of hydrogen-bond acceptors (Lipinski definition) is 4. The van der Waals surface area contributed by atoms with Gasteiger partial charge in [-0.15, -0.1) is 0 Å². The Balaban J connectivity index is 2.21. The predicted molar refractivity (Wildman–Crippen MR) is 119 cm³/mol. The van der Waals surface area contributed by atoms with E-state index in [1.807, 2.05) is 19.1 Å². The van der Waals surface area contributed by atoms with E-state index >= 15 is 0 Å². The second kappa shape index (κ2) is 9.32. The molecule has 0 fully saturated rings. The predicted octanol–water partition coefficient (Wildman–Crippen LogP) is 4.43. The number of benzene rings is 2. The Kier molecular flexibility index (Phi) is 6.80. The highest BCUT2D eigenvalue weighted by Crippen LogP contribution is 2.37. The van der Waals surface area contributed by atoms with Gasteiger partial charge in [-0.3, -0.25) is 14.2 Å². The van der Waals surface area contributed by atoms with Crippen molar-refractivity contribution in [2.75, 3.05) is 25.2 Å². The van der Waals surface area contributed by atoms with Gasteiger partial charge in [-0.05, 0) is 62.2 Å². The number of nitrogens with zero attached hydrogens (tertiary/aromatic N) is 2. The lowest BCUT2D eigenvalue weighted by Crippen LogP contribution is -2.30. The fourth-order valence-corrected chi connectivity index (χ4v) is 3.77. The quantitative estimate of drug-likeness (QED) is 0.565. The number of rotatable bonds is 7. The number of aliphatic hydroxyl groups excluding tert-OH is 1. The molecule has 3 rings (SSSR count). The lowest BCUT2D eigenvalue weighted by molar-refractivity contribution is -0.116.